The third-order valence-electron chi connectivity index (χ3n) is 12.6. The van der Waals surface area contributed by atoms with Gasteiger partial charge in [-0.3, -0.25) is 24.1 Å². The van der Waals surface area contributed by atoms with Crippen molar-refractivity contribution >= 4 is 31.0 Å². The maximum Gasteiger partial charge on any atom is 0.255 e. The molecule has 36 heavy (non-hydrogen) atoms. The largest absolute Gasteiger partial charge is 0.332 e. The lowest BCUT2D eigenvalue weighted by molar-refractivity contribution is -0.148. The van der Waals surface area contributed by atoms with Gasteiger partial charge in [0.25, 0.3) is 7.41 Å². The van der Waals surface area contributed by atoms with Gasteiger partial charge in [0.05, 0.1) is 23.7 Å². The molecular formula is C29H43BN2O4. The Morgan fingerprint density at radius 1 is 0.694 bits per heavy atom. The molecule has 0 spiro atoms. The molecule has 2 heterocycles. The van der Waals surface area contributed by atoms with E-state index in [0.29, 0.717) is 19.3 Å². The minimum Gasteiger partial charge on any atom is -0.332 e. The summed E-state index contributed by atoms with van der Waals surface area (Å²) in [4.78, 5) is 58.4. The van der Waals surface area contributed by atoms with E-state index in [0.717, 1.165) is 44.9 Å². The first-order valence-electron chi connectivity index (χ1n) is 14.8. The van der Waals surface area contributed by atoms with Crippen LogP contribution in [0.3, 0.4) is 0 Å². The summed E-state index contributed by atoms with van der Waals surface area (Å²) in [5.41, 5.74) is -0.408. The van der Waals surface area contributed by atoms with Gasteiger partial charge in [-0.15, -0.1) is 0 Å². The highest BCUT2D eigenvalue weighted by molar-refractivity contribution is 6.47. The Bertz CT molecular complexity index is 967. The topological polar surface area (TPSA) is 74.8 Å². The van der Waals surface area contributed by atoms with Crippen molar-refractivity contribution in [2.75, 3.05) is 0 Å². The summed E-state index contributed by atoms with van der Waals surface area (Å²) in [5, 5.41) is -0.0400. The Labute approximate surface area is 216 Å². The first kappa shape index (κ1) is 24.7. The summed E-state index contributed by atoms with van der Waals surface area (Å²) in [6, 6.07) is 0. The van der Waals surface area contributed by atoms with Crippen molar-refractivity contribution in [3.8, 4) is 0 Å². The normalized spacial score (nSPS) is 43.9. The van der Waals surface area contributed by atoms with Gasteiger partial charge in [0, 0.05) is 5.54 Å². The minimum absolute atomic E-state index is 0.0400. The van der Waals surface area contributed by atoms with Gasteiger partial charge < -0.3 is 4.81 Å². The number of nitrogens with zero attached hydrogens (tertiary/aromatic N) is 2. The van der Waals surface area contributed by atoms with E-state index in [1.807, 2.05) is 0 Å². The molecule has 4 aliphatic carbocycles. The van der Waals surface area contributed by atoms with E-state index in [1.165, 1.54) is 0 Å². The lowest BCUT2D eigenvalue weighted by atomic mass is 9.57. The molecular weight excluding hydrogens is 451 g/mol. The summed E-state index contributed by atoms with van der Waals surface area (Å²) in [6.45, 7) is 12.7. The van der Waals surface area contributed by atoms with Gasteiger partial charge in [0.15, 0.2) is 0 Å². The zero-order valence-corrected chi connectivity index (χ0v) is 23.0. The molecule has 0 aromatic heterocycles. The predicted octanol–water partition coefficient (Wildman–Crippen LogP) is 4.04. The lowest BCUT2D eigenvalue weighted by Gasteiger charge is -2.42. The number of carbonyl (C=O) groups is 4. The van der Waals surface area contributed by atoms with Crippen LogP contribution in [0.4, 0.5) is 0 Å². The maximum absolute atomic E-state index is 13.9. The second kappa shape index (κ2) is 7.93. The van der Waals surface area contributed by atoms with Crippen LogP contribution in [0, 0.1) is 59.2 Å². The number of likely N-dealkylation sites (tertiary alicyclic amines) is 1. The summed E-state index contributed by atoms with van der Waals surface area (Å²) in [6.07, 6.45) is 6.32. The van der Waals surface area contributed by atoms with E-state index in [9.17, 15) is 19.2 Å². The van der Waals surface area contributed by atoms with Crippen molar-refractivity contribution in [3.05, 3.63) is 0 Å². The molecule has 0 N–H and O–H groups in total. The van der Waals surface area contributed by atoms with Gasteiger partial charge in [0.2, 0.25) is 23.6 Å². The van der Waals surface area contributed by atoms with Crippen LogP contribution in [0.1, 0.15) is 86.5 Å². The number of carbonyl (C=O) groups excluding carboxylic acids is 4. The second-order valence-electron chi connectivity index (χ2n) is 13.8. The quantitative estimate of drug-likeness (QED) is 0.290. The summed E-state index contributed by atoms with van der Waals surface area (Å²) < 4.78 is 0. The van der Waals surface area contributed by atoms with E-state index < -0.39 is 5.54 Å². The summed E-state index contributed by atoms with van der Waals surface area (Å²) >= 11 is 0. The Hall–Kier alpha value is -1.66. The highest BCUT2D eigenvalue weighted by atomic mass is 16.2. The van der Waals surface area contributed by atoms with Crippen molar-refractivity contribution in [3.63, 3.8) is 0 Å². The number of imide groups is 2. The van der Waals surface area contributed by atoms with Gasteiger partial charge in [-0.05, 0) is 73.4 Å². The smallest absolute Gasteiger partial charge is 0.255 e. The average Bonchev–Trinajstić information content (AvgIpc) is 3.67. The Kier molecular flexibility index (Phi) is 5.43. The van der Waals surface area contributed by atoms with Crippen LogP contribution in [0.2, 0.25) is 5.31 Å². The van der Waals surface area contributed by atoms with Crippen molar-refractivity contribution < 1.29 is 19.2 Å². The number of rotatable bonds is 8. The Balaban J connectivity index is 1.29. The minimum atomic E-state index is -0.408. The number of hydrogen-bond donors (Lipinski definition) is 0. The highest BCUT2D eigenvalue weighted by Gasteiger charge is 2.77. The number of amides is 4. The van der Waals surface area contributed by atoms with Crippen LogP contribution in [0.25, 0.3) is 0 Å². The molecule has 0 aromatic carbocycles. The van der Waals surface area contributed by atoms with Crippen molar-refractivity contribution in [1.82, 2.24) is 9.71 Å². The van der Waals surface area contributed by atoms with Crippen LogP contribution in [-0.4, -0.2) is 46.3 Å². The standard InChI is InChI=1S/C29H43BN2O4/c1-7-11-29(6,10-4)31-24(33)20-14-12-15(21(20)25(31)34)19-17-13-16(18(14)19)22-23(17)27(36)32(26(22)35)30-28(5,8-2)9-3/h14-23,30H,7-13H2,1-6H3/t14-,15+,16-,17+,18?,19?,20-,21+,22-,23+,29?. The predicted molar refractivity (Wildman–Crippen MR) is 138 cm³/mol. The summed E-state index contributed by atoms with van der Waals surface area (Å²) in [5.74, 6) is 0.953. The lowest BCUT2D eigenvalue weighted by Crippen LogP contribution is -2.50. The van der Waals surface area contributed by atoms with E-state index >= 15 is 0 Å². The fourth-order valence-electron chi connectivity index (χ4n) is 10.4. The van der Waals surface area contributed by atoms with E-state index in [1.54, 1.807) is 9.71 Å². The molecule has 4 bridgehead atoms. The molecule has 3 unspecified atom stereocenters. The molecule has 0 aromatic rings. The monoisotopic (exact) mass is 494 g/mol. The van der Waals surface area contributed by atoms with Crippen LogP contribution in [0.5, 0.6) is 0 Å². The third kappa shape index (κ3) is 2.81. The molecule has 196 valence electrons. The van der Waals surface area contributed by atoms with Crippen molar-refractivity contribution in [2.45, 2.75) is 97.3 Å². The first-order valence-corrected chi connectivity index (χ1v) is 14.8. The van der Waals surface area contributed by atoms with E-state index in [-0.39, 0.29) is 76.3 Å². The fraction of sp³-hybridized carbons (Fsp3) is 0.862. The number of fused-ring (bicyclic) bond motifs is 15. The zero-order valence-electron chi connectivity index (χ0n) is 23.0. The maximum atomic E-state index is 13.9. The van der Waals surface area contributed by atoms with Gasteiger partial charge in [0.1, 0.15) is 0 Å². The van der Waals surface area contributed by atoms with Crippen molar-refractivity contribution in [1.29, 1.82) is 0 Å². The van der Waals surface area contributed by atoms with Crippen molar-refractivity contribution in [2.24, 2.45) is 59.2 Å². The molecule has 6 nitrogen and oxygen atoms in total. The second-order valence-corrected chi connectivity index (χ2v) is 13.8. The molecule has 2 saturated heterocycles. The molecule has 2 aliphatic heterocycles. The zero-order chi connectivity index (χ0) is 25.9. The van der Waals surface area contributed by atoms with Crippen LogP contribution >= 0.6 is 0 Å². The third-order valence-corrected chi connectivity index (χ3v) is 12.6. The highest BCUT2D eigenvalue weighted by Crippen LogP contribution is 2.75. The molecule has 0 radical (unpaired) electrons. The molecule has 4 amide bonds. The first-order chi connectivity index (χ1) is 17.1. The molecule has 7 heteroatoms. The molecule has 11 atom stereocenters. The number of hydrogen-bond acceptors (Lipinski definition) is 4. The Morgan fingerprint density at radius 2 is 1.11 bits per heavy atom. The molecule has 6 rings (SSSR count). The Morgan fingerprint density at radius 3 is 1.47 bits per heavy atom. The van der Waals surface area contributed by atoms with Crippen LogP contribution < -0.4 is 0 Å². The van der Waals surface area contributed by atoms with Gasteiger partial charge in [-0.2, -0.15) is 0 Å². The van der Waals surface area contributed by atoms with Crippen LogP contribution in [0.15, 0.2) is 0 Å². The fourth-order valence-corrected chi connectivity index (χ4v) is 10.4. The summed E-state index contributed by atoms with van der Waals surface area (Å²) in [7, 11) is 0.524. The van der Waals surface area contributed by atoms with E-state index in [4.69, 9.17) is 0 Å². The van der Waals surface area contributed by atoms with E-state index in [2.05, 4.69) is 41.5 Å². The molecule has 6 fully saturated rings. The average molecular weight is 494 g/mol. The SMILES string of the molecule is CCCC(C)(CC)N1C(=O)[C@@H]2[C@H](C1=O)[C@@H]1C[C@H]2C2C1[C@H]1C[C@@H]2[C@@H]2C(=O)N(BC(C)(CC)CC)C(=O)[C@@H]21. The van der Waals surface area contributed by atoms with Gasteiger partial charge in [-0.25, -0.2) is 0 Å². The van der Waals surface area contributed by atoms with Gasteiger partial charge in [-0.1, -0.05) is 53.9 Å². The molecule has 4 saturated carbocycles. The van der Waals surface area contributed by atoms with Crippen LogP contribution in [-0.2, 0) is 19.2 Å². The molecule has 6 aliphatic rings. The van der Waals surface area contributed by atoms with Gasteiger partial charge >= 0.3 is 0 Å².